The van der Waals surface area contributed by atoms with Crippen LogP contribution in [0.25, 0.3) is 44.4 Å². The molecule has 2 aliphatic heterocycles. The molecule has 6 heteroatoms. The van der Waals surface area contributed by atoms with Gasteiger partial charge in [0.05, 0.1) is 29.7 Å². The summed E-state index contributed by atoms with van der Waals surface area (Å²) in [5, 5.41) is 9.87. The predicted octanol–water partition coefficient (Wildman–Crippen LogP) is 7.16. The first-order valence-electron chi connectivity index (χ1n) is 14.8. The Morgan fingerprint density at radius 2 is 1.45 bits per heavy atom. The number of aromatic nitrogens is 4. The molecule has 3 aliphatic rings. The Hall–Kier alpha value is -3.74. The van der Waals surface area contributed by atoms with Crippen LogP contribution in [-0.2, 0) is 0 Å². The third-order valence-corrected chi connectivity index (χ3v) is 9.81. The Labute approximate surface area is 235 Å². The number of imidazole rings is 2. The summed E-state index contributed by atoms with van der Waals surface area (Å²) in [4.78, 5) is 16.7. The smallest absolute Gasteiger partial charge is 0.124 e. The number of nitrogens with zero attached hydrogens (tertiary/aromatic N) is 2. The van der Waals surface area contributed by atoms with Crippen LogP contribution in [-0.4, -0.2) is 32.0 Å². The Morgan fingerprint density at radius 1 is 0.725 bits per heavy atom. The first-order valence-corrected chi connectivity index (χ1v) is 14.8. The van der Waals surface area contributed by atoms with Gasteiger partial charge >= 0.3 is 0 Å². The first kappa shape index (κ1) is 24.1. The molecule has 8 rings (SSSR count). The van der Waals surface area contributed by atoms with Gasteiger partial charge < -0.3 is 20.6 Å². The largest absolute Gasteiger partial charge is 0.347 e. The topological polar surface area (TPSA) is 81.4 Å². The molecule has 1 aliphatic carbocycles. The number of benzene rings is 3. The number of rotatable bonds is 5. The second kappa shape index (κ2) is 9.43. The van der Waals surface area contributed by atoms with Crippen molar-refractivity contribution in [1.29, 1.82) is 0 Å². The van der Waals surface area contributed by atoms with Crippen molar-refractivity contribution < 1.29 is 0 Å². The maximum Gasteiger partial charge on any atom is 0.124 e. The third kappa shape index (κ3) is 4.18. The van der Waals surface area contributed by atoms with Crippen LogP contribution in [0.15, 0.2) is 73.1 Å². The van der Waals surface area contributed by atoms with Gasteiger partial charge in [-0.05, 0) is 84.0 Å². The third-order valence-electron chi connectivity index (χ3n) is 9.81. The summed E-state index contributed by atoms with van der Waals surface area (Å²) in [6.45, 7) is 4.56. The molecule has 40 heavy (non-hydrogen) atoms. The van der Waals surface area contributed by atoms with Gasteiger partial charge in [0.15, 0.2) is 0 Å². The molecule has 0 unspecified atom stereocenters. The fraction of sp³-hybridized carbons (Fsp3) is 0.353. The van der Waals surface area contributed by atoms with Crippen molar-refractivity contribution in [1.82, 2.24) is 30.6 Å². The van der Waals surface area contributed by atoms with E-state index in [-0.39, 0.29) is 0 Å². The molecule has 6 nitrogen and oxygen atoms in total. The quantitative estimate of drug-likeness (QED) is 0.195. The number of hydrogen-bond donors (Lipinski definition) is 4. The van der Waals surface area contributed by atoms with Crippen molar-refractivity contribution in [2.45, 2.75) is 63.7 Å². The maximum absolute atomic E-state index is 4.94. The minimum atomic E-state index is 0.308. The van der Waals surface area contributed by atoms with Crippen molar-refractivity contribution in [2.24, 2.45) is 11.8 Å². The highest BCUT2D eigenvalue weighted by Gasteiger charge is 2.41. The van der Waals surface area contributed by atoms with Crippen LogP contribution in [0.2, 0.25) is 0 Å². The molecule has 3 aromatic carbocycles. The zero-order valence-electron chi connectivity index (χ0n) is 23.1. The molecule has 4 heterocycles. The zero-order valence-corrected chi connectivity index (χ0v) is 23.1. The lowest BCUT2D eigenvalue weighted by molar-refractivity contribution is 0.276. The van der Waals surface area contributed by atoms with Gasteiger partial charge in [0.25, 0.3) is 0 Å². The molecule has 3 fully saturated rings. The number of nitrogens with one attached hydrogen (secondary N) is 4. The normalized spacial score (nSPS) is 27.6. The number of fused-ring (bicyclic) bond motifs is 2. The molecule has 0 spiro atoms. The Kier molecular flexibility index (Phi) is 5.68. The van der Waals surface area contributed by atoms with Crippen molar-refractivity contribution in [2.75, 3.05) is 0 Å². The summed E-state index contributed by atoms with van der Waals surface area (Å²) >= 11 is 0. The molecular formula is C34H36N6. The molecule has 0 bridgehead atoms. The summed E-state index contributed by atoms with van der Waals surface area (Å²) in [7, 11) is 0. The van der Waals surface area contributed by atoms with Crippen LogP contribution in [0.4, 0.5) is 0 Å². The van der Waals surface area contributed by atoms with E-state index >= 15 is 0 Å². The lowest BCUT2D eigenvalue weighted by atomic mass is 9.80. The van der Waals surface area contributed by atoms with E-state index in [1.54, 1.807) is 0 Å². The van der Waals surface area contributed by atoms with Gasteiger partial charge in [-0.2, -0.15) is 0 Å². The maximum atomic E-state index is 4.94. The number of aromatic amines is 2. The van der Waals surface area contributed by atoms with E-state index in [4.69, 9.17) is 9.97 Å². The van der Waals surface area contributed by atoms with E-state index < -0.39 is 0 Å². The van der Waals surface area contributed by atoms with Crippen LogP contribution in [0.3, 0.4) is 0 Å². The van der Waals surface area contributed by atoms with E-state index in [1.165, 1.54) is 46.7 Å². The van der Waals surface area contributed by atoms with Gasteiger partial charge in [0.2, 0.25) is 0 Å². The fourth-order valence-electron chi connectivity index (χ4n) is 6.96. The highest BCUT2D eigenvalue weighted by molar-refractivity contribution is 5.90. The SMILES string of the molecule is C[C@@H]1C[C@@H](c2nc(-c3ccc4cc(-c5ccc(-c6cnc([C@@H]7C[C@H]8CC[C@H]8N7)[nH]6)cc5)ccc4c3)c[nH]2)N[C@@H]1C. The Bertz CT molecular complexity index is 1660. The highest BCUT2D eigenvalue weighted by Crippen LogP contribution is 2.42. The molecule has 5 aromatic rings. The van der Waals surface area contributed by atoms with Gasteiger partial charge in [-0.3, -0.25) is 0 Å². The molecular weight excluding hydrogens is 492 g/mol. The van der Waals surface area contributed by atoms with Gasteiger partial charge in [-0.15, -0.1) is 0 Å². The summed E-state index contributed by atoms with van der Waals surface area (Å²) in [6.07, 6.45) is 9.03. The van der Waals surface area contributed by atoms with Crippen LogP contribution in [0.1, 0.15) is 63.3 Å². The van der Waals surface area contributed by atoms with E-state index in [2.05, 4.69) is 95.1 Å². The molecule has 0 amide bonds. The van der Waals surface area contributed by atoms with E-state index in [1.807, 2.05) is 12.4 Å². The van der Waals surface area contributed by atoms with Crippen molar-refractivity contribution in [3.8, 4) is 33.6 Å². The molecule has 0 radical (unpaired) electrons. The Balaban J connectivity index is 0.991. The summed E-state index contributed by atoms with van der Waals surface area (Å²) in [5.41, 5.74) is 6.84. The highest BCUT2D eigenvalue weighted by atomic mass is 15.1. The van der Waals surface area contributed by atoms with Gasteiger partial charge in [-0.25, -0.2) is 9.97 Å². The minimum absolute atomic E-state index is 0.308. The predicted molar refractivity (Wildman–Crippen MR) is 161 cm³/mol. The van der Waals surface area contributed by atoms with Gasteiger partial charge in [0.1, 0.15) is 11.6 Å². The fourth-order valence-corrected chi connectivity index (χ4v) is 6.96. The molecule has 2 saturated heterocycles. The molecule has 202 valence electrons. The van der Waals surface area contributed by atoms with Crippen LogP contribution < -0.4 is 10.6 Å². The zero-order chi connectivity index (χ0) is 26.8. The van der Waals surface area contributed by atoms with Crippen LogP contribution in [0.5, 0.6) is 0 Å². The van der Waals surface area contributed by atoms with E-state index in [0.717, 1.165) is 40.9 Å². The van der Waals surface area contributed by atoms with Crippen molar-refractivity contribution in [3.63, 3.8) is 0 Å². The average Bonchev–Trinajstić information content (AvgIpc) is 3.76. The lowest BCUT2D eigenvalue weighted by Crippen LogP contribution is -2.35. The van der Waals surface area contributed by atoms with Crippen LogP contribution >= 0.6 is 0 Å². The number of hydrogen-bond acceptors (Lipinski definition) is 4. The van der Waals surface area contributed by atoms with E-state index in [9.17, 15) is 0 Å². The second-order valence-electron chi connectivity index (χ2n) is 12.3. The van der Waals surface area contributed by atoms with Crippen molar-refractivity contribution >= 4 is 10.8 Å². The molecule has 2 aromatic heterocycles. The minimum Gasteiger partial charge on any atom is -0.347 e. The standard InChI is InChI=1S/C34H36N6/c1-19-13-29(37-20(19)2)33-36-18-32(40-33)26-10-9-24-14-23(7-8-25(24)15-26)21-3-5-22(6-4-21)31-17-35-34(39-31)30-16-27-11-12-28(27)38-30/h3-10,14-15,17-20,27-30,37-38H,11-13,16H2,1-2H3,(H,35,39)(H,36,40)/t19-,20-,27-,28-,29+,30+/m1/s1. The molecule has 6 atom stereocenters. The monoisotopic (exact) mass is 528 g/mol. The summed E-state index contributed by atoms with van der Waals surface area (Å²) in [6, 6.07) is 24.1. The molecule has 1 saturated carbocycles. The van der Waals surface area contributed by atoms with Crippen LogP contribution in [0, 0.1) is 11.8 Å². The molecule has 4 N–H and O–H groups in total. The lowest BCUT2D eigenvalue weighted by Gasteiger charge is -2.29. The number of H-pyrrole nitrogens is 2. The van der Waals surface area contributed by atoms with Gasteiger partial charge in [0, 0.05) is 23.8 Å². The Morgan fingerprint density at radius 3 is 2.15 bits per heavy atom. The summed E-state index contributed by atoms with van der Waals surface area (Å²) < 4.78 is 0. The van der Waals surface area contributed by atoms with Crippen molar-refractivity contribution in [3.05, 3.63) is 84.7 Å². The van der Waals surface area contributed by atoms with E-state index in [0.29, 0.717) is 30.1 Å². The summed E-state index contributed by atoms with van der Waals surface area (Å²) in [5.74, 6) is 3.63. The average molecular weight is 529 g/mol. The van der Waals surface area contributed by atoms with Gasteiger partial charge in [-0.1, -0.05) is 55.5 Å². The first-order chi connectivity index (χ1) is 19.6. The second-order valence-corrected chi connectivity index (χ2v) is 12.3.